The highest BCUT2D eigenvalue weighted by Crippen LogP contribution is 2.14. The lowest BCUT2D eigenvalue weighted by atomic mass is 10.2. The lowest BCUT2D eigenvalue weighted by Gasteiger charge is -2.09. The fourth-order valence-electron chi connectivity index (χ4n) is 2.13. The fraction of sp³-hybridized carbons (Fsp3) is 0.158. The van der Waals surface area contributed by atoms with Crippen LogP contribution in [0, 0.1) is 0 Å². The molecular formula is C19H19NO6S. The topological polar surface area (TPSA) is 98.8 Å². The molecule has 0 aromatic heterocycles. The second kappa shape index (κ2) is 9.00. The van der Waals surface area contributed by atoms with Crippen molar-refractivity contribution >= 4 is 28.0 Å². The van der Waals surface area contributed by atoms with Crippen LogP contribution in [0.5, 0.6) is 0 Å². The number of carbonyl (C=O) groups excluding carboxylic acids is 2. The van der Waals surface area contributed by atoms with Crippen molar-refractivity contribution in [1.29, 1.82) is 0 Å². The minimum absolute atomic E-state index is 0.0324. The zero-order valence-corrected chi connectivity index (χ0v) is 15.7. The van der Waals surface area contributed by atoms with E-state index in [4.69, 9.17) is 4.74 Å². The van der Waals surface area contributed by atoms with E-state index < -0.39 is 21.9 Å². The third-order valence-corrected chi connectivity index (χ3v) is 4.56. The molecule has 7 nitrogen and oxygen atoms in total. The number of alkyl carbamates (subject to hydrolysis) is 1. The first-order valence-corrected chi connectivity index (χ1v) is 9.76. The van der Waals surface area contributed by atoms with Crippen molar-refractivity contribution in [1.82, 2.24) is 5.32 Å². The Kier molecular flexibility index (Phi) is 6.73. The van der Waals surface area contributed by atoms with Crippen LogP contribution >= 0.6 is 0 Å². The van der Waals surface area contributed by atoms with Gasteiger partial charge in [-0.05, 0) is 29.3 Å². The van der Waals surface area contributed by atoms with Crippen molar-refractivity contribution in [2.24, 2.45) is 0 Å². The SMILES string of the molecule is COC(=O)/C(=C/c1cccc(S(C)(=O)=O)c1)NC(=O)OCc1ccccc1. The van der Waals surface area contributed by atoms with Gasteiger partial charge in [-0.3, -0.25) is 5.32 Å². The normalized spacial score (nSPS) is 11.6. The molecule has 27 heavy (non-hydrogen) atoms. The average Bonchev–Trinajstić information content (AvgIpc) is 2.65. The van der Waals surface area contributed by atoms with Crippen LogP contribution in [0.2, 0.25) is 0 Å². The van der Waals surface area contributed by atoms with Crippen LogP contribution in [0.15, 0.2) is 65.2 Å². The quantitative estimate of drug-likeness (QED) is 0.602. The summed E-state index contributed by atoms with van der Waals surface area (Å²) in [6.45, 7) is 0.0324. The summed E-state index contributed by atoms with van der Waals surface area (Å²) in [5, 5.41) is 2.32. The lowest BCUT2D eigenvalue weighted by Crippen LogP contribution is -2.28. The van der Waals surface area contributed by atoms with E-state index in [1.54, 1.807) is 18.2 Å². The number of amides is 1. The highest BCUT2D eigenvalue weighted by atomic mass is 32.2. The molecule has 1 N–H and O–H groups in total. The Balaban J connectivity index is 2.16. The molecule has 2 aromatic carbocycles. The Bertz CT molecular complexity index is 951. The van der Waals surface area contributed by atoms with Gasteiger partial charge in [-0.25, -0.2) is 18.0 Å². The third kappa shape index (κ3) is 6.27. The standard InChI is InChI=1S/C19H19NO6S/c1-25-18(21)17(12-15-9-6-10-16(11-15)27(2,23)24)20-19(22)26-13-14-7-4-3-5-8-14/h3-12H,13H2,1-2H3,(H,20,22)/b17-12-. The van der Waals surface area contributed by atoms with E-state index in [0.717, 1.165) is 11.8 Å². The molecule has 8 heteroatoms. The Morgan fingerprint density at radius 2 is 1.78 bits per heavy atom. The van der Waals surface area contributed by atoms with Crippen molar-refractivity contribution in [3.63, 3.8) is 0 Å². The number of rotatable bonds is 6. The molecular weight excluding hydrogens is 370 g/mol. The molecule has 0 heterocycles. The molecule has 0 bridgehead atoms. The number of methoxy groups -OCH3 is 1. The number of hydrogen-bond donors (Lipinski definition) is 1. The number of ether oxygens (including phenoxy) is 2. The number of benzene rings is 2. The molecule has 0 saturated carbocycles. The predicted octanol–water partition coefficient (Wildman–Crippen LogP) is 2.53. The molecule has 0 saturated heterocycles. The molecule has 2 rings (SSSR count). The Labute approximate surface area is 157 Å². The van der Waals surface area contributed by atoms with Gasteiger partial charge in [0.1, 0.15) is 12.3 Å². The first kappa shape index (κ1) is 20.2. The maximum atomic E-state index is 12.0. The predicted molar refractivity (Wildman–Crippen MR) is 99.3 cm³/mol. The van der Waals surface area contributed by atoms with E-state index in [1.165, 1.54) is 31.4 Å². The zero-order chi connectivity index (χ0) is 19.9. The molecule has 0 atom stereocenters. The minimum Gasteiger partial charge on any atom is -0.464 e. The van der Waals surface area contributed by atoms with Gasteiger partial charge in [0, 0.05) is 6.26 Å². The van der Waals surface area contributed by atoms with Crippen LogP contribution < -0.4 is 5.32 Å². The van der Waals surface area contributed by atoms with E-state index in [9.17, 15) is 18.0 Å². The number of carbonyl (C=O) groups is 2. The van der Waals surface area contributed by atoms with Crippen LogP contribution in [0.3, 0.4) is 0 Å². The van der Waals surface area contributed by atoms with E-state index >= 15 is 0 Å². The van der Waals surface area contributed by atoms with Gasteiger partial charge in [-0.1, -0.05) is 42.5 Å². The molecule has 0 radical (unpaired) electrons. The summed E-state index contributed by atoms with van der Waals surface area (Å²) >= 11 is 0. The van der Waals surface area contributed by atoms with Crippen molar-refractivity contribution in [2.45, 2.75) is 11.5 Å². The highest BCUT2D eigenvalue weighted by molar-refractivity contribution is 7.90. The number of hydrogen-bond acceptors (Lipinski definition) is 6. The van der Waals surface area contributed by atoms with E-state index in [0.29, 0.717) is 5.56 Å². The van der Waals surface area contributed by atoms with Crippen LogP contribution in [0.1, 0.15) is 11.1 Å². The summed E-state index contributed by atoms with van der Waals surface area (Å²) in [4.78, 5) is 24.0. The van der Waals surface area contributed by atoms with E-state index in [-0.39, 0.29) is 17.2 Å². The van der Waals surface area contributed by atoms with E-state index in [2.05, 4.69) is 10.1 Å². The Morgan fingerprint density at radius 1 is 1.07 bits per heavy atom. The van der Waals surface area contributed by atoms with Crippen LogP contribution in [-0.2, 0) is 30.7 Å². The number of sulfone groups is 1. The summed E-state index contributed by atoms with van der Waals surface area (Å²) in [6, 6.07) is 15.0. The minimum atomic E-state index is -3.41. The van der Waals surface area contributed by atoms with Crippen molar-refractivity contribution in [3.05, 3.63) is 71.4 Å². The second-order valence-electron chi connectivity index (χ2n) is 5.58. The first-order valence-electron chi connectivity index (χ1n) is 7.87. The lowest BCUT2D eigenvalue weighted by molar-refractivity contribution is -0.136. The van der Waals surface area contributed by atoms with Gasteiger partial charge in [-0.2, -0.15) is 0 Å². The maximum Gasteiger partial charge on any atom is 0.412 e. The molecule has 2 aromatic rings. The summed E-state index contributed by atoms with van der Waals surface area (Å²) < 4.78 is 33.0. The van der Waals surface area contributed by atoms with Gasteiger partial charge in [0.2, 0.25) is 0 Å². The molecule has 0 spiro atoms. The number of nitrogens with one attached hydrogen (secondary N) is 1. The van der Waals surface area contributed by atoms with Gasteiger partial charge in [0.15, 0.2) is 9.84 Å². The maximum absolute atomic E-state index is 12.0. The van der Waals surface area contributed by atoms with Crippen molar-refractivity contribution < 1.29 is 27.5 Å². The Morgan fingerprint density at radius 3 is 2.41 bits per heavy atom. The van der Waals surface area contributed by atoms with Gasteiger partial charge in [-0.15, -0.1) is 0 Å². The fourth-order valence-corrected chi connectivity index (χ4v) is 2.80. The van der Waals surface area contributed by atoms with Gasteiger partial charge in [0.25, 0.3) is 0 Å². The van der Waals surface area contributed by atoms with Crippen molar-refractivity contribution in [2.75, 3.05) is 13.4 Å². The molecule has 0 aliphatic rings. The van der Waals surface area contributed by atoms with E-state index in [1.807, 2.05) is 18.2 Å². The second-order valence-corrected chi connectivity index (χ2v) is 7.60. The number of esters is 1. The monoisotopic (exact) mass is 389 g/mol. The largest absolute Gasteiger partial charge is 0.464 e. The van der Waals surface area contributed by atoms with Crippen LogP contribution in [0.4, 0.5) is 4.79 Å². The summed E-state index contributed by atoms with van der Waals surface area (Å²) in [5.74, 6) is -0.795. The Hall–Kier alpha value is -3.13. The van der Waals surface area contributed by atoms with Gasteiger partial charge in [0.05, 0.1) is 12.0 Å². The molecule has 0 aliphatic carbocycles. The summed E-state index contributed by atoms with van der Waals surface area (Å²) in [7, 11) is -2.24. The average molecular weight is 389 g/mol. The molecule has 142 valence electrons. The zero-order valence-electron chi connectivity index (χ0n) is 14.8. The van der Waals surface area contributed by atoms with Crippen LogP contribution in [0.25, 0.3) is 6.08 Å². The molecule has 1 amide bonds. The van der Waals surface area contributed by atoms with Gasteiger partial charge < -0.3 is 9.47 Å². The third-order valence-electron chi connectivity index (χ3n) is 3.45. The summed E-state index contributed by atoms with van der Waals surface area (Å²) in [6.07, 6.45) is 1.55. The molecule has 0 unspecified atom stereocenters. The smallest absolute Gasteiger partial charge is 0.412 e. The molecule has 0 aliphatic heterocycles. The van der Waals surface area contributed by atoms with Crippen LogP contribution in [-0.4, -0.2) is 33.8 Å². The first-order chi connectivity index (χ1) is 12.8. The highest BCUT2D eigenvalue weighted by Gasteiger charge is 2.15. The van der Waals surface area contributed by atoms with Crippen molar-refractivity contribution in [3.8, 4) is 0 Å². The molecule has 0 fully saturated rings. The summed E-state index contributed by atoms with van der Waals surface area (Å²) in [5.41, 5.74) is 1.01. The van der Waals surface area contributed by atoms with Gasteiger partial charge >= 0.3 is 12.1 Å².